The summed E-state index contributed by atoms with van der Waals surface area (Å²) in [5, 5.41) is 3.53. The summed E-state index contributed by atoms with van der Waals surface area (Å²) in [6.45, 7) is 5.95. The molecule has 2 nitrogen and oxygen atoms in total. The molecule has 3 unspecified atom stereocenters. The molecular formula is C36H34ClNO. The van der Waals surface area contributed by atoms with Crippen molar-refractivity contribution in [1.82, 2.24) is 0 Å². The van der Waals surface area contributed by atoms with E-state index in [0.29, 0.717) is 17.8 Å². The third-order valence-corrected chi connectivity index (χ3v) is 9.16. The maximum atomic E-state index is 6.27. The van der Waals surface area contributed by atoms with Gasteiger partial charge in [0.2, 0.25) is 0 Å². The minimum absolute atomic E-state index is 0.335. The van der Waals surface area contributed by atoms with Crippen LogP contribution < -0.4 is 4.90 Å². The first kappa shape index (κ1) is 24.7. The minimum atomic E-state index is 0.335. The molecule has 4 aromatic carbocycles. The van der Waals surface area contributed by atoms with Crippen molar-refractivity contribution in [3.05, 3.63) is 130 Å². The second kappa shape index (κ2) is 10.3. The van der Waals surface area contributed by atoms with Crippen molar-refractivity contribution in [3.8, 4) is 0 Å². The Morgan fingerprint density at radius 1 is 0.872 bits per heavy atom. The molecule has 7 rings (SSSR count). The Balaban J connectivity index is 1.31. The molecule has 0 bridgehead atoms. The van der Waals surface area contributed by atoms with Crippen LogP contribution in [-0.4, -0.2) is 26.3 Å². The summed E-state index contributed by atoms with van der Waals surface area (Å²) in [6.07, 6.45) is 7.25. The van der Waals surface area contributed by atoms with Gasteiger partial charge in [0.25, 0.3) is 0 Å². The average Bonchev–Trinajstić information content (AvgIpc) is 2.98. The van der Waals surface area contributed by atoms with Gasteiger partial charge in [-0.05, 0) is 93.1 Å². The smallest absolute Gasteiger partial charge is 0.0642 e. The molecule has 39 heavy (non-hydrogen) atoms. The number of anilines is 1. The van der Waals surface area contributed by atoms with Gasteiger partial charge in [0.15, 0.2) is 0 Å². The molecule has 1 saturated heterocycles. The van der Waals surface area contributed by atoms with Crippen LogP contribution in [0, 0.1) is 11.8 Å². The minimum Gasteiger partial charge on any atom is -0.378 e. The lowest BCUT2D eigenvalue weighted by Gasteiger charge is -2.37. The fourth-order valence-electron chi connectivity index (χ4n) is 6.88. The number of rotatable bonds is 4. The van der Waals surface area contributed by atoms with Crippen molar-refractivity contribution in [1.29, 1.82) is 0 Å². The van der Waals surface area contributed by atoms with E-state index in [4.69, 9.17) is 16.3 Å². The van der Waals surface area contributed by atoms with Crippen molar-refractivity contribution >= 4 is 33.6 Å². The molecule has 1 aliphatic heterocycles. The van der Waals surface area contributed by atoms with E-state index in [1.165, 1.54) is 49.9 Å². The SMILES string of the molecule is CC1Cc2c(ccc3cc(N4CCOCC4)ccc23)C2=CC(Cc3ccccc3)C(c3ccc(Cl)cc3)C=C21. The van der Waals surface area contributed by atoms with Crippen LogP contribution in [0.25, 0.3) is 16.3 Å². The lowest BCUT2D eigenvalue weighted by molar-refractivity contribution is 0.122. The summed E-state index contributed by atoms with van der Waals surface area (Å²) >= 11 is 6.27. The molecule has 2 aliphatic carbocycles. The Hall–Kier alpha value is -3.33. The van der Waals surface area contributed by atoms with Gasteiger partial charge in [-0.25, -0.2) is 0 Å². The van der Waals surface area contributed by atoms with Crippen molar-refractivity contribution in [2.24, 2.45) is 11.8 Å². The van der Waals surface area contributed by atoms with Crippen molar-refractivity contribution in [3.63, 3.8) is 0 Å². The van der Waals surface area contributed by atoms with Gasteiger partial charge in [0, 0.05) is 29.7 Å². The number of hydrogen-bond donors (Lipinski definition) is 0. The molecule has 0 aromatic heterocycles. The Morgan fingerprint density at radius 2 is 1.67 bits per heavy atom. The van der Waals surface area contributed by atoms with Gasteiger partial charge in [-0.15, -0.1) is 0 Å². The maximum Gasteiger partial charge on any atom is 0.0642 e. The molecule has 196 valence electrons. The standard InChI is InChI=1S/C36H34ClNO/c1-24-19-35-31-14-12-30(38-15-17-39-18-16-38)21-27(31)9-13-32(35)36-22-28(20-25-5-3-2-4-6-25)34(23-33(24)36)26-7-10-29(37)11-8-26/h2-14,21-24,28,34H,15-20H2,1H3. The highest BCUT2D eigenvalue weighted by Gasteiger charge is 2.33. The first-order chi connectivity index (χ1) is 19.1. The predicted molar refractivity (Wildman–Crippen MR) is 164 cm³/mol. The second-order valence-electron chi connectivity index (χ2n) is 11.3. The normalized spacial score (nSPS) is 22.6. The molecule has 0 N–H and O–H groups in total. The van der Waals surface area contributed by atoms with E-state index in [1.807, 2.05) is 12.1 Å². The van der Waals surface area contributed by atoms with Gasteiger partial charge < -0.3 is 9.64 Å². The lowest BCUT2D eigenvalue weighted by atomic mass is 9.67. The maximum absolute atomic E-state index is 6.27. The van der Waals surface area contributed by atoms with Crippen LogP contribution in [0.1, 0.15) is 35.1 Å². The van der Waals surface area contributed by atoms with Gasteiger partial charge in [0.05, 0.1) is 13.2 Å². The highest BCUT2D eigenvalue weighted by atomic mass is 35.5. The van der Waals surface area contributed by atoms with Crippen LogP contribution in [0.15, 0.2) is 103 Å². The van der Waals surface area contributed by atoms with Crippen molar-refractivity contribution in [2.75, 3.05) is 31.2 Å². The number of morpholine rings is 1. The molecule has 1 fully saturated rings. The van der Waals surface area contributed by atoms with E-state index in [0.717, 1.165) is 44.2 Å². The summed E-state index contributed by atoms with van der Waals surface area (Å²) < 4.78 is 5.57. The third kappa shape index (κ3) is 4.71. The highest BCUT2D eigenvalue weighted by molar-refractivity contribution is 6.30. The number of ether oxygens (including phenoxy) is 1. The van der Waals surface area contributed by atoms with E-state index in [2.05, 4.69) is 96.8 Å². The fraction of sp³-hybridized carbons (Fsp3) is 0.278. The predicted octanol–water partition coefficient (Wildman–Crippen LogP) is 8.49. The van der Waals surface area contributed by atoms with Gasteiger partial charge in [0.1, 0.15) is 0 Å². The van der Waals surface area contributed by atoms with E-state index >= 15 is 0 Å². The quantitative estimate of drug-likeness (QED) is 0.262. The molecule has 0 amide bonds. The molecule has 4 aromatic rings. The number of halogens is 1. The van der Waals surface area contributed by atoms with Gasteiger partial charge in [-0.1, -0.05) is 91.3 Å². The second-order valence-corrected chi connectivity index (χ2v) is 11.8. The number of hydrogen-bond acceptors (Lipinski definition) is 2. The van der Waals surface area contributed by atoms with Crippen molar-refractivity contribution in [2.45, 2.75) is 25.7 Å². The average molecular weight is 532 g/mol. The zero-order valence-corrected chi connectivity index (χ0v) is 23.2. The Labute approximate surface area is 236 Å². The van der Waals surface area contributed by atoms with Gasteiger partial charge in [-0.2, -0.15) is 0 Å². The Morgan fingerprint density at radius 3 is 2.46 bits per heavy atom. The van der Waals surface area contributed by atoms with E-state index in [-0.39, 0.29) is 0 Å². The van der Waals surface area contributed by atoms with Gasteiger partial charge >= 0.3 is 0 Å². The van der Waals surface area contributed by atoms with Crippen LogP contribution in [0.3, 0.4) is 0 Å². The Kier molecular flexibility index (Phi) is 6.54. The third-order valence-electron chi connectivity index (χ3n) is 8.90. The summed E-state index contributed by atoms with van der Waals surface area (Å²) in [5.41, 5.74) is 9.88. The monoisotopic (exact) mass is 531 g/mol. The first-order valence-electron chi connectivity index (χ1n) is 14.3. The fourth-order valence-corrected chi connectivity index (χ4v) is 7.01. The zero-order chi connectivity index (χ0) is 26.3. The summed E-state index contributed by atoms with van der Waals surface area (Å²) in [4.78, 5) is 2.45. The zero-order valence-electron chi connectivity index (χ0n) is 22.4. The molecule has 0 spiro atoms. The van der Waals surface area contributed by atoms with Crippen LogP contribution >= 0.6 is 11.6 Å². The van der Waals surface area contributed by atoms with Gasteiger partial charge in [-0.3, -0.25) is 0 Å². The molecule has 0 saturated carbocycles. The molecular weight excluding hydrogens is 498 g/mol. The highest BCUT2D eigenvalue weighted by Crippen LogP contribution is 2.48. The lowest BCUT2D eigenvalue weighted by Crippen LogP contribution is -2.36. The number of nitrogens with zero attached hydrogens (tertiary/aromatic N) is 1. The summed E-state index contributed by atoms with van der Waals surface area (Å²) in [5.74, 6) is 1.19. The molecule has 3 heteroatoms. The van der Waals surface area contributed by atoms with Crippen molar-refractivity contribution < 1.29 is 4.74 Å². The van der Waals surface area contributed by atoms with Crippen LogP contribution in [0.4, 0.5) is 5.69 Å². The first-order valence-corrected chi connectivity index (χ1v) is 14.6. The molecule has 1 heterocycles. The largest absolute Gasteiger partial charge is 0.378 e. The molecule has 3 atom stereocenters. The molecule has 3 aliphatic rings. The number of benzene rings is 4. The van der Waals surface area contributed by atoms with E-state index in [9.17, 15) is 0 Å². The number of allylic oxidation sites excluding steroid dienone is 4. The summed E-state index contributed by atoms with van der Waals surface area (Å²) in [6, 6.07) is 31.2. The summed E-state index contributed by atoms with van der Waals surface area (Å²) in [7, 11) is 0. The Bertz CT molecular complexity index is 1560. The topological polar surface area (TPSA) is 12.5 Å². The number of fused-ring (bicyclic) bond motifs is 5. The van der Waals surface area contributed by atoms with E-state index in [1.54, 1.807) is 0 Å². The van der Waals surface area contributed by atoms with Crippen LogP contribution in [0.2, 0.25) is 5.02 Å². The van der Waals surface area contributed by atoms with Crippen LogP contribution in [0.5, 0.6) is 0 Å². The van der Waals surface area contributed by atoms with Crippen LogP contribution in [-0.2, 0) is 17.6 Å². The van der Waals surface area contributed by atoms with E-state index < -0.39 is 0 Å². The molecule has 0 radical (unpaired) electrons.